The molecule has 0 amide bonds. The normalized spacial score (nSPS) is 29.7. The van der Waals surface area contributed by atoms with Crippen molar-refractivity contribution in [3.63, 3.8) is 0 Å². The molecule has 19 heavy (non-hydrogen) atoms. The third-order valence-corrected chi connectivity index (χ3v) is 2.84. The number of nitrogens with one attached hydrogen (secondary N) is 1. The first-order valence-electron chi connectivity index (χ1n) is 5.34. The number of hydrogen-bond donors (Lipinski definition) is 3. The fourth-order valence-electron chi connectivity index (χ4n) is 1.90. The van der Waals surface area contributed by atoms with Crippen LogP contribution in [0.4, 0.5) is 0 Å². The van der Waals surface area contributed by atoms with Crippen LogP contribution in [0, 0.1) is 0 Å². The molecular weight excluding hydrogens is 252 g/mol. The molecule has 0 radical (unpaired) electrons. The lowest BCUT2D eigenvalue weighted by Crippen LogP contribution is -2.46. The Hall–Kier alpha value is -2.34. The van der Waals surface area contributed by atoms with Gasteiger partial charge in [-0.15, -0.1) is 5.73 Å². The van der Waals surface area contributed by atoms with Gasteiger partial charge in [0.15, 0.2) is 5.60 Å². The lowest BCUT2D eigenvalue weighted by Gasteiger charge is -2.26. The van der Waals surface area contributed by atoms with Gasteiger partial charge in [-0.05, 0) is 6.08 Å². The van der Waals surface area contributed by atoms with E-state index in [1.54, 1.807) is 0 Å². The molecule has 2 heterocycles. The van der Waals surface area contributed by atoms with E-state index < -0.39 is 29.2 Å². The Morgan fingerprint density at radius 2 is 2.26 bits per heavy atom. The van der Waals surface area contributed by atoms with Crippen LogP contribution in [-0.4, -0.2) is 31.5 Å². The Kier molecular flexibility index (Phi) is 3.03. The van der Waals surface area contributed by atoms with Crippen LogP contribution >= 0.6 is 0 Å². The van der Waals surface area contributed by atoms with Crippen LogP contribution in [0.25, 0.3) is 0 Å². The molecule has 2 rings (SSSR count). The Balaban J connectivity index is 2.60. The van der Waals surface area contributed by atoms with E-state index in [1.807, 2.05) is 4.98 Å². The number of aromatic amines is 1. The first-order chi connectivity index (χ1) is 8.90. The number of ether oxygens (including phenoxy) is 1. The van der Waals surface area contributed by atoms with Crippen molar-refractivity contribution in [2.45, 2.75) is 17.9 Å². The molecule has 1 aromatic heterocycles. The summed E-state index contributed by atoms with van der Waals surface area (Å²) >= 11 is 0. The summed E-state index contributed by atoms with van der Waals surface area (Å²) < 4.78 is 6.14. The highest BCUT2D eigenvalue weighted by Crippen LogP contribution is 2.39. The van der Waals surface area contributed by atoms with Crippen molar-refractivity contribution >= 4 is 0 Å². The van der Waals surface area contributed by atoms with Crippen LogP contribution in [-0.2, 0) is 4.74 Å². The monoisotopic (exact) mass is 264 g/mol. The number of aliphatic hydroxyl groups excluding tert-OH is 1. The lowest BCUT2D eigenvalue weighted by molar-refractivity contribution is -0.0735. The molecule has 0 aliphatic carbocycles. The minimum atomic E-state index is -1.94. The maximum atomic E-state index is 11.7. The molecule has 7 heteroatoms. The average Bonchev–Trinajstić information content (AvgIpc) is 2.55. The third-order valence-electron chi connectivity index (χ3n) is 2.84. The summed E-state index contributed by atoms with van der Waals surface area (Å²) in [7, 11) is 0. The van der Waals surface area contributed by atoms with Crippen LogP contribution in [0.15, 0.2) is 52.6 Å². The number of nitrogens with zero attached hydrogens (tertiary/aromatic N) is 1. The van der Waals surface area contributed by atoms with Crippen LogP contribution in [0.2, 0.25) is 0 Å². The molecule has 1 saturated heterocycles. The zero-order valence-corrected chi connectivity index (χ0v) is 9.87. The van der Waals surface area contributed by atoms with Crippen LogP contribution in [0.5, 0.6) is 0 Å². The molecule has 7 nitrogen and oxygen atoms in total. The van der Waals surface area contributed by atoms with Crippen molar-refractivity contribution < 1.29 is 14.9 Å². The van der Waals surface area contributed by atoms with Gasteiger partial charge in [-0.2, -0.15) is 0 Å². The maximum absolute atomic E-state index is 11.7. The number of H-pyrrole nitrogens is 1. The summed E-state index contributed by atoms with van der Waals surface area (Å²) in [6, 6.07) is 1.09. The van der Waals surface area contributed by atoms with Gasteiger partial charge >= 0.3 is 5.69 Å². The van der Waals surface area contributed by atoms with Gasteiger partial charge in [-0.1, -0.05) is 13.2 Å². The molecule has 1 aliphatic rings. The summed E-state index contributed by atoms with van der Waals surface area (Å²) in [4.78, 5) is 24.7. The van der Waals surface area contributed by atoms with E-state index in [4.69, 9.17) is 4.74 Å². The molecule has 1 aromatic rings. The van der Waals surface area contributed by atoms with Crippen molar-refractivity contribution in [2.24, 2.45) is 0 Å². The zero-order chi connectivity index (χ0) is 14.2. The van der Waals surface area contributed by atoms with Crippen molar-refractivity contribution in [1.82, 2.24) is 9.55 Å². The Bertz CT molecular complexity index is 682. The Morgan fingerprint density at radius 1 is 1.58 bits per heavy atom. The highest BCUT2D eigenvalue weighted by molar-refractivity contribution is 5.20. The number of hydrogen-bond acceptors (Lipinski definition) is 5. The van der Waals surface area contributed by atoms with Gasteiger partial charge in [0.1, 0.15) is 11.9 Å². The topological polar surface area (TPSA) is 105 Å². The van der Waals surface area contributed by atoms with Gasteiger partial charge in [0.2, 0.25) is 6.23 Å². The van der Waals surface area contributed by atoms with E-state index in [0.29, 0.717) is 0 Å². The van der Waals surface area contributed by atoms with Gasteiger partial charge in [0.25, 0.3) is 5.56 Å². The van der Waals surface area contributed by atoms with Crippen molar-refractivity contribution in [3.05, 3.63) is 63.8 Å². The average molecular weight is 264 g/mol. The highest BCUT2D eigenvalue weighted by Gasteiger charge is 2.53. The largest absolute Gasteiger partial charge is 0.468 e. The van der Waals surface area contributed by atoms with E-state index >= 15 is 0 Å². The molecule has 0 saturated carbocycles. The number of aromatic nitrogens is 2. The molecular formula is C12H12N2O5. The SMILES string of the molecule is C=C=C[C@@]1(O)[C@H](O)C(=C)O[C@H]1n1ccc(=O)[nH]c1=O. The molecule has 1 fully saturated rings. The maximum Gasteiger partial charge on any atom is 0.331 e. The van der Waals surface area contributed by atoms with Crippen LogP contribution in [0.3, 0.4) is 0 Å². The molecule has 100 valence electrons. The van der Waals surface area contributed by atoms with Crippen molar-refractivity contribution in [2.75, 3.05) is 0 Å². The van der Waals surface area contributed by atoms with Crippen LogP contribution in [0.1, 0.15) is 6.23 Å². The van der Waals surface area contributed by atoms with E-state index in [9.17, 15) is 19.8 Å². The molecule has 3 N–H and O–H groups in total. The van der Waals surface area contributed by atoms with Crippen molar-refractivity contribution in [1.29, 1.82) is 0 Å². The first kappa shape index (κ1) is 13.1. The van der Waals surface area contributed by atoms with E-state index in [1.165, 1.54) is 0 Å². The second-order valence-electron chi connectivity index (χ2n) is 4.09. The minimum Gasteiger partial charge on any atom is -0.468 e. The van der Waals surface area contributed by atoms with Gasteiger partial charge < -0.3 is 14.9 Å². The number of aliphatic hydroxyl groups is 2. The number of rotatable bonds is 2. The minimum absolute atomic E-state index is 0.0999. The quantitative estimate of drug-likeness (QED) is 0.595. The summed E-state index contributed by atoms with van der Waals surface area (Å²) in [5, 5.41) is 20.3. The van der Waals surface area contributed by atoms with Gasteiger partial charge in [0, 0.05) is 12.3 Å². The zero-order valence-electron chi connectivity index (χ0n) is 9.87. The van der Waals surface area contributed by atoms with Crippen LogP contribution < -0.4 is 11.2 Å². The fourth-order valence-corrected chi connectivity index (χ4v) is 1.90. The molecule has 0 unspecified atom stereocenters. The molecule has 0 bridgehead atoms. The lowest BCUT2D eigenvalue weighted by atomic mass is 9.96. The molecule has 0 spiro atoms. The molecule has 0 aromatic carbocycles. The van der Waals surface area contributed by atoms with Gasteiger partial charge in [-0.3, -0.25) is 14.3 Å². The molecule has 3 atom stereocenters. The van der Waals surface area contributed by atoms with Gasteiger partial charge in [-0.25, -0.2) is 4.79 Å². The summed E-state index contributed by atoms with van der Waals surface area (Å²) in [5.41, 5.74) is -0.969. The smallest absolute Gasteiger partial charge is 0.331 e. The second kappa shape index (κ2) is 4.40. The van der Waals surface area contributed by atoms with E-state index in [2.05, 4.69) is 18.9 Å². The third kappa shape index (κ3) is 1.96. The van der Waals surface area contributed by atoms with Gasteiger partial charge in [0.05, 0.1) is 0 Å². The van der Waals surface area contributed by atoms with E-state index in [-0.39, 0.29) is 5.76 Å². The fraction of sp³-hybridized carbons (Fsp3) is 0.250. The predicted octanol–water partition coefficient (Wildman–Crippen LogP) is -0.988. The first-order valence-corrected chi connectivity index (χ1v) is 5.34. The Labute approximate surface area is 107 Å². The van der Waals surface area contributed by atoms with E-state index in [0.717, 1.165) is 22.9 Å². The van der Waals surface area contributed by atoms with Crippen molar-refractivity contribution in [3.8, 4) is 0 Å². The highest BCUT2D eigenvalue weighted by atomic mass is 16.6. The summed E-state index contributed by atoms with van der Waals surface area (Å²) in [5.74, 6) is -0.0999. The molecule has 1 aliphatic heterocycles. The standard InChI is InChI=1S/C12H12N2O5/c1-3-5-12(18)9(16)7(2)19-10(12)14-6-4-8(15)13-11(14)17/h4-6,9-10,16,18H,1-2H2,(H,13,15,17)/t9-,10-,12-/m1/s1. The summed E-state index contributed by atoms with van der Waals surface area (Å²) in [6.45, 7) is 6.76. The second-order valence-corrected chi connectivity index (χ2v) is 4.09. The Morgan fingerprint density at radius 3 is 2.84 bits per heavy atom. The predicted molar refractivity (Wildman–Crippen MR) is 65.3 cm³/mol. The summed E-state index contributed by atoms with van der Waals surface area (Å²) in [6.07, 6.45) is -0.476.